The second-order valence-corrected chi connectivity index (χ2v) is 98.1. The lowest BCUT2D eigenvalue weighted by atomic mass is 9.92. The molecule has 116 heavy (non-hydrogen) atoms. The molecule has 6 aliphatic heterocycles. The Morgan fingerprint density at radius 3 is 0.371 bits per heavy atom. The molecule has 36 heteroatoms. The average Bonchev–Trinajstić information content (AvgIpc) is 0.676. The van der Waals surface area contributed by atoms with Crippen molar-refractivity contribution < 1.29 is 82.3 Å². The molecule has 8 unspecified atom stereocenters. The molecular weight excluding hydrogens is 1730 g/mol. The van der Waals surface area contributed by atoms with Crippen molar-refractivity contribution in [3.05, 3.63) is 97.2 Å². The van der Waals surface area contributed by atoms with Crippen LogP contribution >= 0.6 is 0 Å². The predicted octanol–water partition coefficient (Wildman–Crippen LogP) is 23.5. The fourth-order valence-corrected chi connectivity index (χ4v) is 93.8. The maximum atomic E-state index is 8.62. The van der Waals surface area contributed by atoms with Crippen molar-refractivity contribution in [2.75, 3.05) is 0 Å². The van der Waals surface area contributed by atoms with Gasteiger partial charge in [-0.05, 0) is 355 Å². The molecule has 0 spiro atoms. The van der Waals surface area contributed by atoms with Crippen molar-refractivity contribution in [3.8, 4) is 0 Å². The minimum atomic E-state index is -5.52. The second-order valence-electron chi connectivity index (χ2n) is 41.6. The third-order valence-corrected chi connectivity index (χ3v) is 88.1. The van der Waals surface area contributed by atoms with E-state index in [9.17, 15) is 0 Å². The van der Waals surface area contributed by atoms with Crippen LogP contribution in [0.3, 0.4) is 0 Å². The zero-order chi connectivity index (χ0) is 82.4. The van der Waals surface area contributed by atoms with E-state index in [4.69, 9.17) is 82.3 Å². The van der Waals surface area contributed by atoms with Gasteiger partial charge in [0.15, 0.2) is 66.5 Å². The Morgan fingerprint density at radius 1 is 0.181 bits per heavy atom. The number of hydrogen-bond donors (Lipinski definition) is 0. The third-order valence-electron chi connectivity index (χ3n) is 26.5. The number of allylic oxidation sites excluding steroid dienone is 16. The van der Waals surface area contributed by atoms with Crippen LogP contribution < -0.4 is 0 Å². The lowest BCUT2D eigenvalue weighted by Crippen LogP contribution is -2.93. The van der Waals surface area contributed by atoms with Crippen LogP contribution in [0.2, 0.25) is 153 Å². The Labute approximate surface area is 718 Å². The van der Waals surface area contributed by atoms with E-state index < -0.39 is 139 Å². The first-order valence-corrected chi connectivity index (χ1v) is 84.0. The summed E-state index contributed by atoms with van der Waals surface area (Å²) in [5.74, 6) is 3.58. The first-order valence-electron chi connectivity index (χ1n) is 46.0. The molecule has 8 atom stereocenters. The van der Waals surface area contributed by atoms with Gasteiger partial charge in [0.05, 0.1) is 0 Å². The monoisotopic (exact) mass is 1880 g/mol. The maximum absolute atomic E-state index is 8.62. The smallest absolute Gasteiger partial charge is 0.395 e. The SMILES string of the molecule is C[Si](C)(CCC1CC=CCC1)O[Si]12O[Si]3(O[Si](C)(C)CCC4CC=CCC4)O[Si](O[Si](C)(C)CCC4CC=CCC4)(O1)O[Si]1(O[Si](C)(C)CCC4CC=CCC4)O[Si]4(O[Si](C)(C)CCC5CC=CCC5)O[Si](O[Si](C)(C)CCC5CC=CCC5)(O1)O[Si](O[Si](C)(C)CCC1CC=CCC1)(O3)O[Si](O[Si](C)(C)CCC1CC=CCC1)(O2)O4. The second kappa shape index (κ2) is 39.3. The van der Waals surface area contributed by atoms with Crippen molar-refractivity contribution in [1.82, 2.24) is 0 Å². The molecule has 0 aromatic carbocycles. The molecule has 0 aromatic heterocycles. The minimum absolute atomic E-state index is 0.438. The van der Waals surface area contributed by atoms with Crippen molar-refractivity contribution in [2.45, 2.75) is 359 Å². The van der Waals surface area contributed by atoms with Crippen molar-refractivity contribution in [1.29, 1.82) is 0 Å². The van der Waals surface area contributed by atoms with Gasteiger partial charge in [0.2, 0.25) is 0 Å². The highest BCUT2D eigenvalue weighted by Gasteiger charge is 2.93. The summed E-state index contributed by atoms with van der Waals surface area (Å²) in [7, 11) is -69.2. The van der Waals surface area contributed by atoms with Gasteiger partial charge in [0, 0.05) is 0 Å². The molecule has 0 N–H and O–H groups in total. The molecule has 6 fully saturated rings. The molecule has 0 saturated carbocycles. The Kier molecular flexibility index (Phi) is 31.9. The average molecular weight is 1880 g/mol. The van der Waals surface area contributed by atoms with E-state index >= 15 is 0 Å². The summed E-state index contributed by atoms with van der Waals surface area (Å²) in [4.78, 5) is 0. The molecule has 8 bridgehead atoms. The van der Waals surface area contributed by atoms with Crippen LogP contribution in [0.4, 0.5) is 0 Å². The van der Waals surface area contributed by atoms with E-state index in [1.54, 1.807) is 0 Å². The fraction of sp³-hybridized carbons (Fsp3) is 0.800. The van der Waals surface area contributed by atoms with Crippen LogP contribution in [0.15, 0.2) is 97.2 Å². The van der Waals surface area contributed by atoms with Crippen molar-refractivity contribution >= 4 is 139 Å². The molecule has 0 radical (unpaired) electrons. The topological polar surface area (TPSA) is 185 Å². The molecule has 20 nitrogen and oxygen atoms in total. The van der Waals surface area contributed by atoms with Gasteiger partial charge in [-0.25, -0.2) is 0 Å². The summed E-state index contributed by atoms with van der Waals surface area (Å²) in [6, 6.07) is 5.83. The molecule has 14 aliphatic rings. The molecule has 656 valence electrons. The van der Waals surface area contributed by atoms with E-state index in [-0.39, 0.29) is 0 Å². The van der Waals surface area contributed by atoms with E-state index in [0.29, 0.717) is 59.4 Å². The lowest BCUT2D eigenvalue weighted by molar-refractivity contribution is -0.130. The van der Waals surface area contributed by atoms with Gasteiger partial charge in [0.25, 0.3) is 0 Å². The molecule has 14 rings (SSSR count). The number of rotatable bonds is 40. The van der Waals surface area contributed by atoms with E-state index in [1.807, 2.05) is 0 Å². The summed E-state index contributed by atoms with van der Waals surface area (Å²) in [5.41, 5.74) is 0. The Morgan fingerprint density at radius 2 is 0.284 bits per heavy atom. The Bertz CT molecular complexity index is 3140. The van der Waals surface area contributed by atoms with Crippen LogP contribution in [0.1, 0.15) is 205 Å². The summed E-state index contributed by atoms with van der Waals surface area (Å²) in [5, 5.41) is 0. The van der Waals surface area contributed by atoms with Gasteiger partial charge in [0.1, 0.15) is 0 Å². The van der Waals surface area contributed by atoms with Gasteiger partial charge in [-0.2, -0.15) is 0 Å². The predicted molar refractivity (Wildman–Crippen MR) is 495 cm³/mol. The first kappa shape index (κ1) is 94.2. The van der Waals surface area contributed by atoms with Gasteiger partial charge in [-0.3, -0.25) is 0 Å². The summed E-state index contributed by atoms with van der Waals surface area (Å²) >= 11 is 0. The van der Waals surface area contributed by atoms with Gasteiger partial charge in [-0.15, -0.1) is 0 Å². The summed E-state index contributed by atoms with van der Waals surface area (Å²) in [6.07, 6.45) is 69.7. The van der Waals surface area contributed by atoms with E-state index in [1.165, 1.54) is 0 Å². The fourth-order valence-electron chi connectivity index (χ4n) is 19.3. The van der Waals surface area contributed by atoms with Gasteiger partial charge < -0.3 is 82.3 Å². The van der Waals surface area contributed by atoms with Crippen molar-refractivity contribution in [2.24, 2.45) is 47.3 Å². The Balaban J connectivity index is 1.10. The normalized spacial score (nSPS) is 36.6. The summed E-state index contributed by atoms with van der Waals surface area (Å²) < 4.78 is 169. The van der Waals surface area contributed by atoms with Crippen LogP contribution in [-0.2, 0) is 82.3 Å². The highest BCUT2D eigenvalue weighted by molar-refractivity contribution is 7.04. The van der Waals surface area contributed by atoms with Gasteiger partial charge >= 0.3 is 72.4 Å². The maximum Gasteiger partial charge on any atom is 0.651 e. The summed E-state index contributed by atoms with van der Waals surface area (Å²) in [6.45, 7) is 36.3. The van der Waals surface area contributed by atoms with Crippen LogP contribution in [0.5, 0.6) is 0 Å². The minimum Gasteiger partial charge on any atom is -0.395 e. The Hall–Kier alpha value is 0.590. The van der Waals surface area contributed by atoms with Crippen LogP contribution in [0, 0.1) is 47.3 Å². The van der Waals surface area contributed by atoms with E-state index in [0.717, 1.165) is 242 Å². The largest absolute Gasteiger partial charge is 0.651 e. The van der Waals surface area contributed by atoms with Crippen molar-refractivity contribution in [3.63, 3.8) is 0 Å². The lowest BCUT2D eigenvalue weighted by Gasteiger charge is -2.61. The molecular formula is C80H152O20Si16. The molecule has 8 aliphatic carbocycles. The highest BCUT2D eigenvalue weighted by Crippen LogP contribution is 2.56. The zero-order valence-corrected chi connectivity index (χ0v) is 90.3. The van der Waals surface area contributed by atoms with E-state index in [2.05, 4.69) is 202 Å². The van der Waals surface area contributed by atoms with Crippen LogP contribution in [-0.4, -0.2) is 139 Å². The molecule has 0 aromatic rings. The molecule has 6 heterocycles. The number of hydrogen-bond acceptors (Lipinski definition) is 20. The third kappa shape index (κ3) is 27.3. The van der Waals surface area contributed by atoms with Crippen LogP contribution in [0.25, 0.3) is 0 Å². The highest BCUT2D eigenvalue weighted by atomic mass is 28.7. The first-order chi connectivity index (χ1) is 54.8. The van der Waals surface area contributed by atoms with Gasteiger partial charge in [-0.1, -0.05) is 149 Å². The quantitative estimate of drug-likeness (QED) is 0.0416. The standard InChI is InChI=1S/C80H152O20Si16/c1-101(2,65-57-73-41-25-17-26-42-73)81-109-89-110(82-102(3,4)66-58-74-43-27-18-28-44-74)92-113(91-109,85-105(9,10)69-61-77-49-33-21-34-50-77)99-114(86-106(11,12)70-62-78-51-35-22-36-52-78)93-111(83-103(5,6)67-59-75-45-29-19-30-46-75)90-112(94-114,84-104(7,8)68-60-76-47-31-20-32-48-76)98-116(96-110,88-108(15,16)72-64-80-55-39-24-40-56-80)100-115(95-109,97-111)87-107(13,14)71-63-79-53-37-23-38-54-79/h17-25,27,29,31,33,35,37,39,73-80H,26,28,30,32,34,36,38,40-72H2,1-16H3. The molecule has 6 saturated heterocycles. The molecule has 0 amide bonds. The zero-order valence-electron chi connectivity index (χ0n) is 74.3.